The number of Topliss-reactive ketones (excluding diaryl/α,β-unsaturated/α-hetero) is 1. The number of fused-ring (bicyclic) bond motifs is 1. The first-order valence-corrected chi connectivity index (χ1v) is 15.8. The van der Waals surface area contributed by atoms with Crippen LogP contribution in [0.25, 0.3) is 11.2 Å². The number of carbonyl (C=O) groups is 1. The summed E-state index contributed by atoms with van der Waals surface area (Å²) in [6.45, 7) is -0.581. The van der Waals surface area contributed by atoms with Crippen molar-refractivity contribution in [2.24, 2.45) is 0 Å². The Bertz CT molecular complexity index is 1550. The average Bonchev–Trinajstić information content (AvgIpc) is 3.61. The molecule has 2 aromatic rings. The molecule has 22 heteroatoms. The topological polar surface area (TPSA) is 297 Å². The van der Waals surface area contributed by atoms with Crippen LogP contribution in [0.2, 0.25) is 0 Å². The second-order valence-electron chi connectivity index (χ2n) is 9.99. The number of anilines is 1. The van der Waals surface area contributed by atoms with Gasteiger partial charge in [0.15, 0.2) is 29.7 Å². The minimum absolute atomic E-state index is 0.0416. The lowest BCUT2D eigenvalue weighted by Crippen LogP contribution is -2.40. The fourth-order valence-electron chi connectivity index (χ4n) is 4.74. The number of hydrogen-bond acceptors (Lipinski definition) is 19. The largest absolute Gasteiger partial charge is 0.756 e. The van der Waals surface area contributed by atoms with Crippen LogP contribution in [-0.2, 0) is 36.8 Å². The van der Waals surface area contributed by atoms with Gasteiger partial charge < -0.3 is 59.4 Å². The molecule has 0 aliphatic carbocycles. The van der Waals surface area contributed by atoms with Crippen molar-refractivity contribution >= 4 is 38.4 Å². The molecule has 2 aromatic heterocycles. The standard InChI is InChI=1S/C22H30N6O14P2/c1-10(29)11-3-2-4-27(5-11)21-17(32)15(30)12(40-21)6-38-43(34,35)42-44(36,37)39-7-13-16(31)18(33)22(41-13)28-9-26-14-19(23)24-8-25-20(14)28/h2,4-5,8-9,12-13,15-18,21-22,30-33H,3,6-7H2,1H3,(H,34,35)(H,36,37)(H2,23,24,25)/p-2/t12-,13-,15-,16-,17-,18-,21-,22-/m1/s1. The first-order chi connectivity index (χ1) is 20.7. The van der Waals surface area contributed by atoms with E-state index in [4.69, 9.17) is 15.2 Å². The second-order valence-corrected chi connectivity index (χ2v) is 12.9. The highest BCUT2D eigenvalue weighted by atomic mass is 31.3. The normalized spacial score (nSPS) is 33.3. The molecule has 0 spiro atoms. The highest BCUT2D eigenvalue weighted by Gasteiger charge is 2.47. The third-order valence-electron chi connectivity index (χ3n) is 7.00. The van der Waals surface area contributed by atoms with Gasteiger partial charge in [-0.15, -0.1) is 0 Å². The van der Waals surface area contributed by atoms with Crippen LogP contribution in [0.1, 0.15) is 19.6 Å². The number of hydrogen-bond donors (Lipinski definition) is 5. The Labute approximate surface area is 248 Å². The van der Waals surface area contributed by atoms with Crippen molar-refractivity contribution in [3.8, 4) is 0 Å². The van der Waals surface area contributed by atoms with E-state index >= 15 is 0 Å². The van der Waals surface area contributed by atoms with Gasteiger partial charge in [-0.1, -0.05) is 6.08 Å². The summed E-state index contributed by atoms with van der Waals surface area (Å²) in [5, 5.41) is 41.6. The number of nitrogens with zero attached hydrogens (tertiary/aromatic N) is 5. The van der Waals surface area contributed by atoms with Gasteiger partial charge in [0.05, 0.1) is 19.5 Å². The minimum atomic E-state index is -5.67. The van der Waals surface area contributed by atoms with Crippen molar-refractivity contribution in [3.63, 3.8) is 0 Å². The summed E-state index contributed by atoms with van der Waals surface area (Å²) in [4.78, 5) is 49.4. The Morgan fingerprint density at radius 1 is 1.00 bits per heavy atom. The van der Waals surface area contributed by atoms with Crippen LogP contribution < -0.4 is 15.5 Å². The third kappa shape index (κ3) is 6.77. The SMILES string of the molecule is CC(=O)C1=CN([C@@H]2O[C@H](COP(=O)([O-])OP(=O)([O-])OC[C@H]3O[C@@H](n4cnc5c(N)ncnc54)[C@H](O)[C@@H]3O)[C@@H](O)[C@H]2O)C=CC1. The summed E-state index contributed by atoms with van der Waals surface area (Å²) in [5.41, 5.74) is 6.47. The van der Waals surface area contributed by atoms with Crippen molar-refractivity contribution in [2.45, 2.75) is 62.4 Å². The maximum atomic E-state index is 12.3. The molecule has 20 nitrogen and oxygen atoms in total. The average molecular weight is 662 g/mol. The molecule has 2 unspecified atom stereocenters. The van der Waals surface area contributed by atoms with E-state index in [0.29, 0.717) is 12.0 Å². The number of ketones is 1. The lowest BCUT2D eigenvalue weighted by molar-refractivity contribution is -0.246. The third-order valence-corrected chi connectivity index (χ3v) is 9.53. The van der Waals surface area contributed by atoms with Gasteiger partial charge >= 0.3 is 0 Å². The zero-order chi connectivity index (χ0) is 32.0. The van der Waals surface area contributed by atoms with E-state index in [-0.39, 0.29) is 22.8 Å². The smallest absolute Gasteiger partial charge is 0.274 e. The maximum Gasteiger partial charge on any atom is 0.274 e. The van der Waals surface area contributed by atoms with Crippen LogP contribution in [0.3, 0.4) is 0 Å². The van der Waals surface area contributed by atoms with Crippen LogP contribution >= 0.6 is 15.6 Å². The summed E-state index contributed by atoms with van der Waals surface area (Å²) in [6.07, 6.45) is -4.74. The fraction of sp³-hybridized carbons (Fsp3) is 0.545. The molecule has 2 fully saturated rings. The van der Waals surface area contributed by atoms with Gasteiger partial charge in [0.1, 0.15) is 48.5 Å². The van der Waals surface area contributed by atoms with Gasteiger partial charge in [-0.2, -0.15) is 0 Å². The van der Waals surface area contributed by atoms with Crippen molar-refractivity contribution < 1.29 is 67.0 Å². The molecular weight excluding hydrogens is 634 g/mol. The zero-order valence-corrected chi connectivity index (χ0v) is 24.5. The number of phosphoric ester groups is 2. The van der Waals surface area contributed by atoms with Gasteiger partial charge in [0.25, 0.3) is 15.6 Å². The Hall–Kier alpha value is -2.68. The molecule has 2 saturated heterocycles. The molecule has 5 rings (SSSR count). The van der Waals surface area contributed by atoms with Gasteiger partial charge in [-0.3, -0.25) is 18.5 Å². The van der Waals surface area contributed by atoms with Crippen molar-refractivity contribution in [1.82, 2.24) is 24.4 Å². The molecule has 0 aromatic carbocycles. The van der Waals surface area contributed by atoms with Crippen LogP contribution in [0.5, 0.6) is 0 Å². The quantitative estimate of drug-likeness (QED) is 0.151. The lowest BCUT2D eigenvalue weighted by Gasteiger charge is -2.32. The molecule has 10 atom stereocenters. The van der Waals surface area contributed by atoms with Crippen LogP contribution in [0.4, 0.5) is 5.82 Å². The number of ether oxygens (including phenoxy) is 2. The van der Waals surface area contributed by atoms with Crippen LogP contribution in [-0.4, -0.2) is 107 Å². The maximum absolute atomic E-state index is 12.3. The van der Waals surface area contributed by atoms with E-state index in [9.17, 15) is 44.1 Å². The Morgan fingerprint density at radius 2 is 1.59 bits per heavy atom. The highest BCUT2D eigenvalue weighted by Crippen LogP contribution is 2.56. The van der Waals surface area contributed by atoms with Crippen molar-refractivity contribution in [2.75, 3.05) is 18.9 Å². The van der Waals surface area contributed by atoms with Gasteiger partial charge in [-0.05, 0) is 13.3 Å². The van der Waals surface area contributed by atoms with E-state index in [1.165, 1.54) is 35.1 Å². The molecule has 3 aliphatic rings. The summed E-state index contributed by atoms with van der Waals surface area (Å²) < 4.78 is 50.0. The number of phosphoric acid groups is 2. The minimum Gasteiger partial charge on any atom is -0.756 e. The number of aliphatic hydroxyl groups excluding tert-OH is 4. The fourth-order valence-corrected chi connectivity index (χ4v) is 6.75. The predicted molar refractivity (Wildman–Crippen MR) is 139 cm³/mol. The first-order valence-electron chi connectivity index (χ1n) is 12.9. The van der Waals surface area contributed by atoms with Gasteiger partial charge in [0.2, 0.25) is 0 Å². The number of aliphatic hydroxyl groups is 4. The Morgan fingerprint density at radius 3 is 2.20 bits per heavy atom. The number of aromatic nitrogens is 4. The van der Waals surface area contributed by atoms with Gasteiger partial charge in [-0.25, -0.2) is 19.3 Å². The van der Waals surface area contributed by atoms with E-state index in [1.54, 1.807) is 6.08 Å². The molecule has 242 valence electrons. The first kappa shape index (κ1) is 32.7. The zero-order valence-electron chi connectivity index (χ0n) is 22.7. The number of nitrogen functional groups attached to an aromatic ring is 1. The Kier molecular flexibility index (Phi) is 9.37. The number of allylic oxidation sites excluding steroid dienone is 2. The molecule has 3 aliphatic heterocycles. The number of rotatable bonds is 11. The summed E-state index contributed by atoms with van der Waals surface area (Å²) >= 11 is 0. The van der Waals surface area contributed by atoms with E-state index in [2.05, 4.69) is 28.3 Å². The van der Waals surface area contributed by atoms with Crippen molar-refractivity contribution in [1.29, 1.82) is 0 Å². The van der Waals surface area contributed by atoms with Crippen LogP contribution in [0.15, 0.2) is 36.7 Å². The molecule has 0 radical (unpaired) electrons. The molecule has 0 saturated carbocycles. The number of nitrogens with two attached hydrogens (primary N) is 1. The van der Waals surface area contributed by atoms with E-state index < -0.39 is 77.9 Å². The molecule has 6 N–H and O–H groups in total. The summed E-state index contributed by atoms with van der Waals surface area (Å²) in [5.74, 6) is -0.182. The highest BCUT2D eigenvalue weighted by molar-refractivity contribution is 7.59. The lowest BCUT2D eigenvalue weighted by atomic mass is 10.1. The molecule has 0 bridgehead atoms. The Balaban J connectivity index is 1.15. The molecular formula is C22H28N6O14P2-2. The molecule has 5 heterocycles. The van der Waals surface area contributed by atoms with E-state index in [0.717, 1.165) is 6.33 Å². The molecule has 0 amide bonds. The summed E-state index contributed by atoms with van der Waals surface area (Å²) in [7, 11) is -11.3. The van der Waals surface area contributed by atoms with E-state index in [1.807, 2.05) is 0 Å². The number of imidazole rings is 1. The molecule has 44 heavy (non-hydrogen) atoms. The van der Waals surface area contributed by atoms with Crippen LogP contribution in [0, 0.1) is 0 Å². The summed E-state index contributed by atoms with van der Waals surface area (Å²) in [6, 6.07) is 0. The second kappa shape index (κ2) is 12.6. The monoisotopic (exact) mass is 662 g/mol. The van der Waals surface area contributed by atoms with Gasteiger partial charge in [0, 0.05) is 18.0 Å². The predicted octanol–water partition coefficient (Wildman–Crippen LogP) is -2.85. The number of carbonyl (C=O) groups excluding carboxylic acids is 1. The van der Waals surface area contributed by atoms with Crippen molar-refractivity contribution in [3.05, 3.63) is 36.7 Å².